The first-order valence-electron chi connectivity index (χ1n) is 5.83. The Labute approximate surface area is 111 Å². The van der Waals surface area contributed by atoms with Crippen LogP contribution in [0.1, 0.15) is 33.7 Å². The van der Waals surface area contributed by atoms with E-state index in [2.05, 4.69) is 10.2 Å². The number of rotatable bonds is 5. The minimum absolute atomic E-state index is 0.0403. The predicted octanol–water partition coefficient (Wildman–Crippen LogP) is 1.73. The fraction of sp³-hybridized carbons (Fsp3) is 0.727. The minimum atomic E-state index is -0.224. The Kier molecular flexibility index (Phi) is 5.01. The summed E-state index contributed by atoms with van der Waals surface area (Å²) in [7, 11) is 1.39. The molecule has 0 saturated heterocycles. The van der Waals surface area contributed by atoms with E-state index in [0.29, 0.717) is 5.95 Å². The molecule has 0 bridgehead atoms. The van der Waals surface area contributed by atoms with E-state index in [-0.39, 0.29) is 23.2 Å². The van der Waals surface area contributed by atoms with Crippen LogP contribution in [0.25, 0.3) is 0 Å². The molecule has 0 amide bonds. The van der Waals surface area contributed by atoms with Crippen LogP contribution in [0.5, 0.6) is 0 Å². The van der Waals surface area contributed by atoms with Crippen molar-refractivity contribution in [1.29, 1.82) is 0 Å². The number of ether oxygens (including phenoxy) is 1. The van der Waals surface area contributed by atoms with Crippen LogP contribution in [0.15, 0.2) is 5.16 Å². The van der Waals surface area contributed by atoms with E-state index in [0.717, 1.165) is 5.16 Å². The maximum atomic E-state index is 11.5. The average Bonchev–Trinajstić information content (AvgIpc) is 2.68. The van der Waals surface area contributed by atoms with Gasteiger partial charge in [0.15, 0.2) is 5.16 Å². The zero-order valence-corrected chi connectivity index (χ0v) is 12.2. The van der Waals surface area contributed by atoms with Gasteiger partial charge in [0.1, 0.15) is 0 Å². The second-order valence-electron chi connectivity index (χ2n) is 4.44. The summed E-state index contributed by atoms with van der Waals surface area (Å²) in [4.78, 5) is 11.5. The molecule has 2 N–H and O–H groups in total. The van der Waals surface area contributed by atoms with E-state index in [9.17, 15) is 4.79 Å². The van der Waals surface area contributed by atoms with Gasteiger partial charge in [0.05, 0.1) is 13.0 Å². The number of anilines is 1. The molecule has 6 nitrogen and oxygen atoms in total. The summed E-state index contributed by atoms with van der Waals surface area (Å²) in [6.07, 6.45) is 0. The highest BCUT2D eigenvalue weighted by atomic mass is 32.2. The van der Waals surface area contributed by atoms with Crippen LogP contribution < -0.4 is 5.73 Å². The summed E-state index contributed by atoms with van der Waals surface area (Å²) in [5.41, 5.74) is 5.76. The molecule has 0 radical (unpaired) electrons. The van der Waals surface area contributed by atoms with E-state index in [1.165, 1.54) is 18.9 Å². The lowest BCUT2D eigenvalue weighted by Gasteiger charge is -2.18. The number of nitrogen functional groups attached to an aromatic ring is 1. The van der Waals surface area contributed by atoms with E-state index in [4.69, 9.17) is 10.5 Å². The second kappa shape index (κ2) is 6.08. The number of hydrogen-bond donors (Lipinski definition) is 1. The van der Waals surface area contributed by atoms with Gasteiger partial charge in [0.25, 0.3) is 0 Å². The summed E-state index contributed by atoms with van der Waals surface area (Å²) in [6, 6.07) is 0.183. The number of esters is 1. The zero-order chi connectivity index (χ0) is 13.9. The molecule has 0 aliphatic carbocycles. The van der Waals surface area contributed by atoms with Crippen molar-refractivity contribution in [2.45, 2.75) is 44.1 Å². The van der Waals surface area contributed by atoms with Gasteiger partial charge in [0.2, 0.25) is 5.95 Å². The number of nitrogens with two attached hydrogens (primary N) is 1. The smallest absolute Gasteiger partial charge is 0.309 e. The van der Waals surface area contributed by atoms with Crippen molar-refractivity contribution in [3.8, 4) is 0 Å². The molecule has 0 aliphatic heterocycles. The third-order valence-electron chi connectivity index (χ3n) is 2.78. The van der Waals surface area contributed by atoms with Gasteiger partial charge in [-0.25, -0.2) is 0 Å². The van der Waals surface area contributed by atoms with Crippen LogP contribution in [-0.2, 0) is 9.53 Å². The minimum Gasteiger partial charge on any atom is -0.469 e. The lowest BCUT2D eigenvalue weighted by molar-refractivity contribution is -0.144. The van der Waals surface area contributed by atoms with Gasteiger partial charge in [-0.2, -0.15) is 0 Å². The van der Waals surface area contributed by atoms with Crippen molar-refractivity contribution in [2.24, 2.45) is 5.92 Å². The highest BCUT2D eigenvalue weighted by Gasteiger charge is 2.24. The maximum absolute atomic E-state index is 11.5. The Morgan fingerprint density at radius 1 is 1.33 bits per heavy atom. The van der Waals surface area contributed by atoms with Gasteiger partial charge in [-0.05, 0) is 13.8 Å². The van der Waals surface area contributed by atoms with Crippen molar-refractivity contribution in [2.75, 3.05) is 12.8 Å². The number of carbonyl (C=O) groups excluding carboxylic acids is 1. The van der Waals surface area contributed by atoms with Crippen molar-refractivity contribution >= 4 is 23.7 Å². The van der Waals surface area contributed by atoms with Crippen molar-refractivity contribution in [3.05, 3.63) is 0 Å². The number of aromatic nitrogens is 3. The van der Waals surface area contributed by atoms with Crippen molar-refractivity contribution < 1.29 is 9.53 Å². The lowest BCUT2D eigenvalue weighted by atomic mass is 10.1. The molecule has 1 aromatic heterocycles. The lowest BCUT2D eigenvalue weighted by Crippen LogP contribution is -2.22. The molecule has 7 heteroatoms. The molecule has 0 aromatic carbocycles. The molecule has 1 rings (SSSR count). The number of thioether (sulfide) groups is 1. The van der Waals surface area contributed by atoms with E-state index >= 15 is 0 Å². The molecular formula is C11H20N4O2S. The molecule has 2 atom stereocenters. The summed E-state index contributed by atoms with van der Waals surface area (Å²) >= 11 is 1.48. The third-order valence-corrected chi connectivity index (χ3v) is 4.04. The first kappa shape index (κ1) is 14.8. The first-order chi connectivity index (χ1) is 8.38. The standard InChI is InChI=1S/C11H20N4O2S/c1-6(2)15-10(12)13-14-11(15)18-8(4)7(3)9(16)17-5/h6-8H,1-5H3,(H2,12,13). The fourth-order valence-electron chi connectivity index (χ4n) is 1.50. The largest absolute Gasteiger partial charge is 0.469 e. The number of methoxy groups -OCH3 is 1. The van der Waals surface area contributed by atoms with Crippen LogP contribution in [0.3, 0.4) is 0 Å². The van der Waals surface area contributed by atoms with Crippen LogP contribution in [-0.4, -0.2) is 33.1 Å². The Balaban J connectivity index is 2.82. The Morgan fingerprint density at radius 2 is 1.94 bits per heavy atom. The van der Waals surface area contributed by atoms with Crippen LogP contribution in [0.2, 0.25) is 0 Å². The number of nitrogens with zero attached hydrogens (tertiary/aromatic N) is 3. The third kappa shape index (κ3) is 3.16. The number of carbonyl (C=O) groups is 1. The Hall–Kier alpha value is -1.24. The highest BCUT2D eigenvalue weighted by molar-refractivity contribution is 7.99. The van der Waals surface area contributed by atoms with E-state index in [1.807, 2.05) is 32.3 Å². The molecule has 2 unspecified atom stereocenters. The maximum Gasteiger partial charge on any atom is 0.309 e. The van der Waals surface area contributed by atoms with Gasteiger partial charge < -0.3 is 10.5 Å². The number of hydrogen-bond acceptors (Lipinski definition) is 6. The van der Waals surface area contributed by atoms with Crippen molar-refractivity contribution in [1.82, 2.24) is 14.8 Å². The fourth-order valence-corrected chi connectivity index (χ4v) is 2.65. The van der Waals surface area contributed by atoms with Gasteiger partial charge in [-0.15, -0.1) is 10.2 Å². The van der Waals surface area contributed by atoms with Crippen molar-refractivity contribution in [3.63, 3.8) is 0 Å². The van der Waals surface area contributed by atoms with E-state index < -0.39 is 0 Å². The molecule has 0 saturated carbocycles. The zero-order valence-electron chi connectivity index (χ0n) is 11.4. The van der Waals surface area contributed by atoms with Crippen LogP contribution in [0, 0.1) is 5.92 Å². The molecule has 1 heterocycles. The van der Waals surface area contributed by atoms with Gasteiger partial charge in [0, 0.05) is 11.3 Å². The summed E-state index contributed by atoms with van der Waals surface area (Å²) in [5, 5.41) is 8.68. The normalized spacial score (nSPS) is 14.6. The molecule has 1 aromatic rings. The molecule has 102 valence electrons. The quantitative estimate of drug-likeness (QED) is 0.649. The van der Waals surface area contributed by atoms with Gasteiger partial charge in [-0.1, -0.05) is 25.6 Å². The summed E-state index contributed by atoms with van der Waals surface area (Å²) in [5.74, 6) is -0.0393. The van der Waals surface area contributed by atoms with Crippen LogP contribution >= 0.6 is 11.8 Å². The Bertz CT molecular complexity index is 419. The molecule has 18 heavy (non-hydrogen) atoms. The topological polar surface area (TPSA) is 83.0 Å². The summed E-state index contributed by atoms with van der Waals surface area (Å²) < 4.78 is 6.59. The monoisotopic (exact) mass is 272 g/mol. The first-order valence-corrected chi connectivity index (χ1v) is 6.71. The predicted molar refractivity (Wildman–Crippen MR) is 71.3 cm³/mol. The molecular weight excluding hydrogens is 252 g/mol. The van der Waals surface area contributed by atoms with Gasteiger partial charge >= 0.3 is 5.97 Å². The average molecular weight is 272 g/mol. The Morgan fingerprint density at radius 3 is 2.44 bits per heavy atom. The molecule has 0 spiro atoms. The molecule has 0 aliphatic rings. The van der Waals surface area contributed by atoms with Crippen LogP contribution in [0.4, 0.5) is 5.95 Å². The summed E-state index contributed by atoms with van der Waals surface area (Å²) in [6.45, 7) is 7.82. The van der Waals surface area contributed by atoms with Gasteiger partial charge in [-0.3, -0.25) is 9.36 Å². The van der Waals surface area contributed by atoms with E-state index in [1.54, 1.807) is 0 Å². The highest BCUT2D eigenvalue weighted by Crippen LogP contribution is 2.30. The molecule has 0 fully saturated rings. The second-order valence-corrected chi connectivity index (χ2v) is 5.78. The SMILES string of the molecule is COC(=O)C(C)C(C)Sc1nnc(N)n1C(C)C.